The van der Waals surface area contributed by atoms with E-state index in [1.54, 1.807) is 0 Å². The molecule has 1 saturated carbocycles. The Morgan fingerprint density at radius 2 is 2.00 bits per heavy atom. The minimum Gasteiger partial charge on any atom is -0.399 e. The van der Waals surface area contributed by atoms with Crippen LogP contribution in [0.4, 0.5) is 5.69 Å². The van der Waals surface area contributed by atoms with E-state index in [1.807, 2.05) is 17.8 Å². The van der Waals surface area contributed by atoms with Crippen molar-refractivity contribution in [3.05, 3.63) is 28.2 Å². The summed E-state index contributed by atoms with van der Waals surface area (Å²) in [5, 5.41) is 0. The van der Waals surface area contributed by atoms with Crippen LogP contribution in [0.1, 0.15) is 31.2 Å². The number of nitrogens with two attached hydrogens (primary N) is 1. The molecule has 1 aliphatic carbocycles. The Morgan fingerprint density at radius 3 is 2.69 bits per heavy atom. The van der Waals surface area contributed by atoms with Gasteiger partial charge in [-0.1, -0.05) is 28.8 Å². The number of anilines is 1. The minimum atomic E-state index is 0.853. The lowest BCUT2D eigenvalue weighted by atomic mass is 10.1. The molecule has 1 aromatic rings. The average molecular weight is 300 g/mol. The highest BCUT2D eigenvalue weighted by molar-refractivity contribution is 9.10. The van der Waals surface area contributed by atoms with Crippen molar-refractivity contribution in [2.75, 3.05) is 11.5 Å². The third-order valence-corrected chi connectivity index (χ3v) is 4.78. The quantitative estimate of drug-likeness (QED) is 0.831. The van der Waals surface area contributed by atoms with Gasteiger partial charge in [0.15, 0.2) is 0 Å². The lowest BCUT2D eigenvalue weighted by molar-refractivity contribution is 0.623. The van der Waals surface area contributed by atoms with Gasteiger partial charge in [-0.15, -0.1) is 0 Å². The summed E-state index contributed by atoms with van der Waals surface area (Å²) in [7, 11) is 0. The first-order chi connectivity index (χ1) is 7.74. The average Bonchev–Trinajstić information content (AvgIpc) is 2.69. The van der Waals surface area contributed by atoms with E-state index in [0.717, 1.165) is 21.8 Å². The van der Waals surface area contributed by atoms with Gasteiger partial charge in [-0.3, -0.25) is 0 Å². The van der Waals surface area contributed by atoms with Gasteiger partial charge in [-0.25, -0.2) is 0 Å². The van der Waals surface area contributed by atoms with Crippen LogP contribution in [0.5, 0.6) is 0 Å². The van der Waals surface area contributed by atoms with Crippen LogP contribution in [0.25, 0.3) is 0 Å². The Labute approximate surface area is 110 Å². The molecule has 3 heteroatoms. The van der Waals surface area contributed by atoms with E-state index in [4.69, 9.17) is 5.73 Å². The van der Waals surface area contributed by atoms with Gasteiger partial charge in [0.05, 0.1) is 0 Å². The highest BCUT2D eigenvalue weighted by atomic mass is 79.9. The van der Waals surface area contributed by atoms with Crippen LogP contribution in [-0.4, -0.2) is 5.75 Å². The van der Waals surface area contributed by atoms with E-state index in [9.17, 15) is 0 Å². The number of benzene rings is 1. The fourth-order valence-electron chi connectivity index (χ4n) is 2.28. The molecule has 1 aromatic carbocycles. The second-order valence-corrected chi connectivity index (χ2v) is 6.50. The van der Waals surface area contributed by atoms with Gasteiger partial charge in [-0.2, -0.15) is 11.8 Å². The Balaban J connectivity index is 1.80. The fraction of sp³-hybridized carbons (Fsp3) is 0.538. The Kier molecular flexibility index (Phi) is 4.59. The van der Waals surface area contributed by atoms with Crippen molar-refractivity contribution in [1.29, 1.82) is 0 Å². The Morgan fingerprint density at radius 1 is 1.25 bits per heavy atom. The number of nitrogen functional groups attached to an aromatic ring is 1. The molecule has 0 unspecified atom stereocenters. The van der Waals surface area contributed by atoms with Crippen LogP contribution in [-0.2, 0) is 5.75 Å². The molecule has 0 atom stereocenters. The van der Waals surface area contributed by atoms with Gasteiger partial charge >= 0.3 is 0 Å². The molecule has 2 N–H and O–H groups in total. The molecule has 2 rings (SSSR count). The van der Waals surface area contributed by atoms with E-state index in [0.29, 0.717) is 0 Å². The summed E-state index contributed by atoms with van der Waals surface area (Å²) in [5.41, 5.74) is 8.00. The first-order valence-electron chi connectivity index (χ1n) is 5.87. The van der Waals surface area contributed by atoms with E-state index in [-0.39, 0.29) is 0 Å². The molecule has 1 nitrogen and oxygen atoms in total. The van der Waals surface area contributed by atoms with Crippen molar-refractivity contribution in [2.24, 2.45) is 5.92 Å². The van der Waals surface area contributed by atoms with Crippen molar-refractivity contribution in [1.82, 2.24) is 0 Å². The predicted octanol–water partition coefficient (Wildman–Crippen LogP) is 4.45. The van der Waals surface area contributed by atoms with Crippen molar-refractivity contribution in [2.45, 2.75) is 31.4 Å². The molecular formula is C13H18BrNS. The molecule has 1 fully saturated rings. The summed E-state index contributed by atoms with van der Waals surface area (Å²) < 4.78 is 1.09. The monoisotopic (exact) mass is 299 g/mol. The molecule has 16 heavy (non-hydrogen) atoms. The molecule has 0 saturated heterocycles. The van der Waals surface area contributed by atoms with Crippen LogP contribution in [0.15, 0.2) is 22.7 Å². The van der Waals surface area contributed by atoms with Crippen LogP contribution < -0.4 is 5.73 Å². The van der Waals surface area contributed by atoms with Gasteiger partial charge in [-0.05, 0) is 48.3 Å². The summed E-state index contributed by atoms with van der Waals surface area (Å²) >= 11 is 5.53. The molecular weight excluding hydrogens is 282 g/mol. The van der Waals surface area contributed by atoms with Crippen molar-refractivity contribution >= 4 is 33.4 Å². The number of rotatable bonds is 4. The summed E-state index contributed by atoms with van der Waals surface area (Å²) in [5.74, 6) is 3.36. The van der Waals surface area contributed by atoms with Crippen LogP contribution >= 0.6 is 27.7 Å². The molecule has 0 radical (unpaired) electrons. The lowest BCUT2D eigenvalue weighted by Crippen LogP contribution is -1.97. The minimum absolute atomic E-state index is 0.853. The zero-order valence-corrected chi connectivity index (χ0v) is 11.8. The molecule has 1 aliphatic rings. The maximum absolute atomic E-state index is 5.81. The van der Waals surface area contributed by atoms with E-state index in [1.165, 1.54) is 37.0 Å². The summed E-state index contributed by atoms with van der Waals surface area (Å²) in [6.45, 7) is 0. The number of thioether (sulfide) groups is 1. The van der Waals surface area contributed by atoms with E-state index < -0.39 is 0 Å². The molecule has 0 aliphatic heterocycles. The van der Waals surface area contributed by atoms with Crippen molar-refractivity contribution < 1.29 is 0 Å². The van der Waals surface area contributed by atoms with Crippen LogP contribution in [0, 0.1) is 5.92 Å². The van der Waals surface area contributed by atoms with E-state index >= 15 is 0 Å². The van der Waals surface area contributed by atoms with Gasteiger partial charge in [0, 0.05) is 15.9 Å². The Hall–Kier alpha value is -0.150. The summed E-state index contributed by atoms with van der Waals surface area (Å²) in [6.07, 6.45) is 5.76. The Bertz CT molecular complexity index is 328. The van der Waals surface area contributed by atoms with Crippen LogP contribution in [0.2, 0.25) is 0 Å². The van der Waals surface area contributed by atoms with Crippen molar-refractivity contribution in [3.8, 4) is 0 Å². The standard InChI is InChI=1S/C13H18BrNS/c14-12-5-11(6-13(15)7-12)9-16-8-10-3-1-2-4-10/h5-7,10H,1-4,8-9,15H2. The second kappa shape index (κ2) is 5.97. The lowest BCUT2D eigenvalue weighted by Gasteiger charge is -2.08. The largest absolute Gasteiger partial charge is 0.399 e. The zero-order chi connectivity index (χ0) is 11.4. The molecule has 0 spiro atoms. The normalized spacial score (nSPS) is 16.8. The number of hydrogen-bond acceptors (Lipinski definition) is 2. The highest BCUT2D eigenvalue weighted by Gasteiger charge is 2.14. The zero-order valence-electron chi connectivity index (χ0n) is 9.42. The first-order valence-corrected chi connectivity index (χ1v) is 7.81. The topological polar surface area (TPSA) is 26.0 Å². The molecule has 88 valence electrons. The maximum atomic E-state index is 5.81. The van der Waals surface area contributed by atoms with Gasteiger partial charge in [0.1, 0.15) is 0 Å². The SMILES string of the molecule is Nc1cc(Br)cc(CSCC2CCCC2)c1. The third kappa shape index (κ3) is 3.70. The maximum Gasteiger partial charge on any atom is 0.0328 e. The molecule has 0 bridgehead atoms. The molecule has 0 aromatic heterocycles. The first kappa shape index (κ1) is 12.3. The van der Waals surface area contributed by atoms with Gasteiger partial charge in [0.2, 0.25) is 0 Å². The number of halogens is 1. The molecule has 0 amide bonds. The number of hydrogen-bond donors (Lipinski definition) is 1. The predicted molar refractivity (Wildman–Crippen MR) is 76.7 cm³/mol. The van der Waals surface area contributed by atoms with E-state index in [2.05, 4.69) is 28.1 Å². The summed E-state index contributed by atoms with van der Waals surface area (Å²) in [4.78, 5) is 0. The van der Waals surface area contributed by atoms with Gasteiger partial charge < -0.3 is 5.73 Å². The fourth-order valence-corrected chi connectivity index (χ4v) is 4.02. The smallest absolute Gasteiger partial charge is 0.0328 e. The van der Waals surface area contributed by atoms with Crippen LogP contribution in [0.3, 0.4) is 0 Å². The second-order valence-electron chi connectivity index (χ2n) is 4.56. The van der Waals surface area contributed by atoms with Gasteiger partial charge in [0.25, 0.3) is 0 Å². The van der Waals surface area contributed by atoms with Crippen molar-refractivity contribution in [3.63, 3.8) is 0 Å². The third-order valence-electron chi connectivity index (χ3n) is 3.08. The highest BCUT2D eigenvalue weighted by Crippen LogP contribution is 2.29. The molecule has 0 heterocycles. The summed E-state index contributed by atoms with van der Waals surface area (Å²) in [6, 6.07) is 6.19.